The third-order valence-corrected chi connectivity index (χ3v) is 6.53. The Labute approximate surface area is 188 Å². The molecule has 0 unspecified atom stereocenters. The number of anilines is 1. The number of fused-ring (bicyclic) bond motifs is 4. The fraction of sp³-hybridized carbons (Fsp3) is 0.391. The molecule has 4 heterocycles. The third-order valence-electron chi connectivity index (χ3n) is 6.53. The zero-order valence-corrected chi connectivity index (χ0v) is 18.4. The van der Waals surface area contributed by atoms with Crippen LogP contribution in [0.3, 0.4) is 0 Å². The molecule has 10 heteroatoms. The van der Waals surface area contributed by atoms with E-state index in [4.69, 9.17) is 0 Å². The number of aromatic amines is 1. The van der Waals surface area contributed by atoms with Gasteiger partial charge in [0.25, 0.3) is 11.5 Å². The van der Waals surface area contributed by atoms with Crippen LogP contribution >= 0.6 is 0 Å². The molecule has 2 aromatic heterocycles. The van der Waals surface area contributed by atoms with Gasteiger partial charge in [0.1, 0.15) is 22.7 Å². The Balaban J connectivity index is 1.37. The van der Waals surface area contributed by atoms with Gasteiger partial charge in [0.2, 0.25) is 0 Å². The highest BCUT2D eigenvalue weighted by Gasteiger charge is 2.33. The summed E-state index contributed by atoms with van der Waals surface area (Å²) in [6.07, 6.45) is 1.58. The van der Waals surface area contributed by atoms with Crippen molar-refractivity contribution in [3.63, 3.8) is 0 Å². The molecule has 1 amide bonds. The van der Waals surface area contributed by atoms with E-state index >= 15 is 4.39 Å². The average Bonchev–Trinajstić information content (AvgIpc) is 2.82. The molecule has 2 aliphatic rings. The van der Waals surface area contributed by atoms with E-state index in [2.05, 4.69) is 25.2 Å². The van der Waals surface area contributed by atoms with Crippen molar-refractivity contribution in [3.05, 3.63) is 62.8 Å². The van der Waals surface area contributed by atoms with Gasteiger partial charge in [-0.15, -0.1) is 0 Å². The number of carbonyl (C=O) groups is 1. The minimum atomic E-state index is -0.767. The summed E-state index contributed by atoms with van der Waals surface area (Å²) in [6, 6.07) is 5.03. The summed E-state index contributed by atoms with van der Waals surface area (Å²) in [6.45, 7) is 3.56. The maximum Gasteiger partial charge on any atom is 0.269 e. The first-order chi connectivity index (χ1) is 15.9. The summed E-state index contributed by atoms with van der Waals surface area (Å²) in [5.41, 5.74) is 1.97. The lowest BCUT2D eigenvalue weighted by Crippen LogP contribution is -2.55. The fourth-order valence-electron chi connectivity index (χ4n) is 4.78. The Morgan fingerprint density at radius 2 is 2.09 bits per heavy atom. The topological polar surface area (TPSA) is 94.2 Å². The number of aromatic nitrogens is 3. The number of hydrogen-bond donors (Lipinski definition) is 2. The van der Waals surface area contributed by atoms with E-state index in [1.807, 2.05) is 11.0 Å². The number of piperazine rings is 1. The van der Waals surface area contributed by atoms with Crippen molar-refractivity contribution >= 4 is 22.6 Å². The molecule has 172 valence electrons. The van der Waals surface area contributed by atoms with Crippen molar-refractivity contribution in [1.82, 2.24) is 25.2 Å². The summed E-state index contributed by atoms with van der Waals surface area (Å²) in [7, 11) is 1.58. The van der Waals surface area contributed by atoms with Gasteiger partial charge >= 0.3 is 0 Å². The standard InChI is InChI=1S/C23H24F2N6O2/c1-12-22(32)29-21-18(27-12)9-15(24)14(20(21)25)11-30-7-8-31-13(10-30)3-4-16-19(31)6-5-17(28-16)23(33)26-2/h5-6,9,13H,3-4,7-8,10-11H2,1-2H3,(H,26,33)(H,29,32)/t13-/m0/s1. The molecule has 0 radical (unpaired) electrons. The second-order valence-corrected chi connectivity index (χ2v) is 8.56. The zero-order chi connectivity index (χ0) is 23.3. The quantitative estimate of drug-likeness (QED) is 0.628. The Kier molecular flexibility index (Phi) is 5.32. The molecule has 2 aliphatic heterocycles. The van der Waals surface area contributed by atoms with Crippen molar-refractivity contribution in [1.29, 1.82) is 0 Å². The van der Waals surface area contributed by atoms with Crippen LogP contribution in [0.1, 0.15) is 33.9 Å². The maximum absolute atomic E-state index is 15.1. The Hall–Kier alpha value is -3.40. The van der Waals surface area contributed by atoms with Gasteiger partial charge in [-0.3, -0.25) is 14.5 Å². The van der Waals surface area contributed by atoms with Gasteiger partial charge in [-0.05, 0) is 31.9 Å². The molecule has 2 N–H and O–H groups in total. The van der Waals surface area contributed by atoms with Crippen molar-refractivity contribution < 1.29 is 13.6 Å². The van der Waals surface area contributed by atoms with Gasteiger partial charge in [-0.25, -0.2) is 18.7 Å². The van der Waals surface area contributed by atoms with Crippen LogP contribution < -0.4 is 15.8 Å². The fourth-order valence-corrected chi connectivity index (χ4v) is 4.78. The summed E-state index contributed by atoms with van der Waals surface area (Å²) in [4.78, 5) is 39.1. The number of pyridine rings is 1. The Bertz CT molecular complexity index is 1320. The van der Waals surface area contributed by atoms with E-state index < -0.39 is 17.2 Å². The number of amides is 1. The first-order valence-corrected chi connectivity index (χ1v) is 10.9. The molecular weight excluding hydrogens is 430 g/mol. The number of rotatable bonds is 3. The van der Waals surface area contributed by atoms with Crippen molar-refractivity contribution in [2.45, 2.75) is 32.4 Å². The van der Waals surface area contributed by atoms with Crippen LogP contribution in [0.25, 0.3) is 11.0 Å². The summed E-state index contributed by atoms with van der Waals surface area (Å²) in [5.74, 6) is -1.64. The predicted molar refractivity (Wildman–Crippen MR) is 119 cm³/mol. The van der Waals surface area contributed by atoms with Gasteiger partial charge in [0, 0.05) is 50.9 Å². The van der Waals surface area contributed by atoms with E-state index in [0.29, 0.717) is 25.3 Å². The number of carbonyl (C=O) groups excluding carboxylic acids is 1. The smallest absolute Gasteiger partial charge is 0.269 e. The van der Waals surface area contributed by atoms with Crippen molar-refractivity contribution in [2.75, 3.05) is 31.6 Å². The highest BCUT2D eigenvalue weighted by atomic mass is 19.1. The van der Waals surface area contributed by atoms with E-state index in [1.165, 1.54) is 13.0 Å². The molecule has 0 saturated carbocycles. The number of hydrogen-bond acceptors (Lipinski definition) is 6. The lowest BCUT2D eigenvalue weighted by molar-refractivity contribution is 0.0958. The molecule has 0 aliphatic carbocycles. The first-order valence-electron chi connectivity index (χ1n) is 10.9. The van der Waals surface area contributed by atoms with Gasteiger partial charge in [0.15, 0.2) is 5.82 Å². The lowest BCUT2D eigenvalue weighted by Gasteiger charge is -2.45. The molecule has 0 bridgehead atoms. The van der Waals surface area contributed by atoms with Crippen LogP contribution in [0.4, 0.5) is 14.5 Å². The molecule has 5 rings (SSSR count). The molecule has 33 heavy (non-hydrogen) atoms. The number of benzene rings is 1. The van der Waals surface area contributed by atoms with Crippen molar-refractivity contribution in [2.24, 2.45) is 0 Å². The van der Waals surface area contributed by atoms with Crippen LogP contribution in [0.2, 0.25) is 0 Å². The third kappa shape index (κ3) is 3.74. The molecule has 0 spiro atoms. The molecule has 1 fully saturated rings. The van der Waals surface area contributed by atoms with E-state index in [9.17, 15) is 14.0 Å². The average molecular weight is 454 g/mol. The highest BCUT2D eigenvalue weighted by Crippen LogP contribution is 2.32. The van der Waals surface area contributed by atoms with E-state index in [-0.39, 0.29) is 40.8 Å². The SMILES string of the molecule is CNC(=O)c1ccc2c(n1)CC[C@H]1CN(Cc3c(F)cc4nc(C)c(=O)[nH]c4c3F)CCN21. The molecule has 8 nitrogen and oxygen atoms in total. The number of H-pyrrole nitrogens is 1. The minimum absolute atomic E-state index is 0.0645. The van der Waals surface area contributed by atoms with E-state index in [1.54, 1.807) is 13.1 Å². The summed E-state index contributed by atoms with van der Waals surface area (Å²) >= 11 is 0. The Morgan fingerprint density at radius 3 is 2.88 bits per heavy atom. The number of halogens is 2. The van der Waals surface area contributed by atoms with Gasteiger partial charge in [-0.1, -0.05) is 0 Å². The van der Waals surface area contributed by atoms with Crippen LogP contribution in [0, 0.1) is 18.6 Å². The molecular formula is C23H24F2N6O2. The van der Waals surface area contributed by atoms with Gasteiger partial charge < -0.3 is 15.2 Å². The summed E-state index contributed by atoms with van der Waals surface area (Å²) in [5, 5.41) is 2.59. The predicted octanol–water partition coefficient (Wildman–Crippen LogP) is 1.90. The Morgan fingerprint density at radius 1 is 1.27 bits per heavy atom. The maximum atomic E-state index is 15.1. The number of aryl methyl sites for hydroxylation is 2. The molecule has 1 aromatic carbocycles. The largest absolute Gasteiger partial charge is 0.364 e. The molecule has 1 saturated heterocycles. The number of nitrogens with zero attached hydrogens (tertiary/aromatic N) is 4. The minimum Gasteiger partial charge on any atom is -0.364 e. The normalized spacial score (nSPS) is 18.2. The van der Waals surface area contributed by atoms with Crippen LogP contribution in [0.15, 0.2) is 23.0 Å². The first kappa shape index (κ1) is 21.4. The monoisotopic (exact) mass is 454 g/mol. The highest BCUT2D eigenvalue weighted by molar-refractivity contribution is 5.92. The lowest BCUT2D eigenvalue weighted by atomic mass is 9.96. The summed E-state index contributed by atoms with van der Waals surface area (Å²) < 4.78 is 29.9. The second kappa shape index (κ2) is 8.18. The van der Waals surface area contributed by atoms with Crippen LogP contribution in [0.5, 0.6) is 0 Å². The zero-order valence-electron chi connectivity index (χ0n) is 18.4. The van der Waals surface area contributed by atoms with Gasteiger partial charge in [-0.2, -0.15) is 0 Å². The van der Waals surface area contributed by atoms with Gasteiger partial charge in [0.05, 0.1) is 16.9 Å². The number of nitrogens with one attached hydrogen (secondary N) is 2. The van der Waals surface area contributed by atoms with Crippen LogP contribution in [-0.4, -0.2) is 58.5 Å². The molecule has 3 aromatic rings. The second-order valence-electron chi connectivity index (χ2n) is 8.56. The van der Waals surface area contributed by atoms with Crippen LogP contribution in [-0.2, 0) is 13.0 Å². The molecule has 1 atom stereocenters. The van der Waals surface area contributed by atoms with E-state index in [0.717, 1.165) is 24.2 Å². The van der Waals surface area contributed by atoms with Crippen molar-refractivity contribution in [3.8, 4) is 0 Å².